The monoisotopic (exact) mass is 434 g/mol. The quantitative estimate of drug-likeness (QED) is 0.693. The zero-order chi connectivity index (χ0) is 19.8. The van der Waals surface area contributed by atoms with Gasteiger partial charge in [-0.2, -0.15) is 0 Å². The normalized spacial score (nSPS) is 11.4. The largest absolute Gasteiger partial charge is 0.493 e. The maximum absolute atomic E-state index is 12.8. The Kier molecular flexibility index (Phi) is 7.67. The molecular formula is C20H23BrN2O4. The fourth-order valence-electron chi connectivity index (χ4n) is 2.58. The number of hydrogen-bond donors (Lipinski definition) is 1. The van der Waals surface area contributed by atoms with Gasteiger partial charge < -0.3 is 19.7 Å². The smallest absolute Gasteiger partial charge is 0.261 e. The van der Waals surface area contributed by atoms with E-state index in [0.717, 1.165) is 10.0 Å². The summed E-state index contributed by atoms with van der Waals surface area (Å²) >= 11 is 3.42. The number of nitrogens with one attached hydrogen (secondary N) is 1. The Morgan fingerprint density at radius 3 is 2.48 bits per heavy atom. The molecule has 0 fully saturated rings. The molecule has 0 aliphatic carbocycles. The van der Waals surface area contributed by atoms with Crippen molar-refractivity contribution in [2.24, 2.45) is 0 Å². The van der Waals surface area contributed by atoms with Crippen molar-refractivity contribution >= 4 is 27.7 Å². The molecule has 2 aromatic carbocycles. The molecule has 0 spiro atoms. The summed E-state index contributed by atoms with van der Waals surface area (Å²) in [4.78, 5) is 26.4. The van der Waals surface area contributed by atoms with Crippen LogP contribution in [0.25, 0.3) is 0 Å². The second-order valence-electron chi connectivity index (χ2n) is 5.88. The van der Waals surface area contributed by atoms with Gasteiger partial charge in [-0.3, -0.25) is 9.59 Å². The van der Waals surface area contributed by atoms with Crippen molar-refractivity contribution in [3.8, 4) is 11.5 Å². The van der Waals surface area contributed by atoms with E-state index < -0.39 is 6.04 Å². The lowest BCUT2D eigenvalue weighted by Gasteiger charge is -2.28. The van der Waals surface area contributed by atoms with Crippen LogP contribution in [0.15, 0.2) is 53.0 Å². The summed E-state index contributed by atoms with van der Waals surface area (Å²) < 4.78 is 11.8. The van der Waals surface area contributed by atoms with E-state index in [-0.39, 0.29) is 18.4 Å². The van der Waals surface area contributed by atoms with Crippen LogP contribution in [0.4, 0.5) is 0 Å². The Balaban J connectivity index is 2.16. The SMILES string of the molecule is CNC(=O)[C@@H](C)N(Cc1cccc(Br)c1)C(=O)COc1ccccc1OC. The highest BCUT2D eigenvalue weighted by Gasteiger charge is 2.26. The Bertz CT molecular complexity index is 797. The number of amides is 2. The van der Waals surface area contributed by atoms with Crippen molar-refractivity contribution < 1.29 is 19.1 Å². The number of likely N-dealkylation sites (N-methyl/N-ethyl adjacent to an activating group) is 1. The van der Waals surface area contributed by atoms with Gasteiger partial charge in [-0.1, -0.05) is 40.2 Å². The predicted octanol–water partition coefficient (Wildman–Crippen LogP) is 3.00. The Morgan fingerprint density at radius 1 is 1.15 bits per heavy atom. The summed E-state index contributed by atoms with van der Waals surface area (Å²) in [6.45, 7) is 1.79. The number of carbonyl (C=O) groups is 2. The highest BCUT2D eigenvalue weighted by atomic mass is 79.9. The van der Waals surface area contributed by atoms with E-state index >= 15 is 0 Å². The summed E-state index contributed by atoms with van der Waals surface area (Å²) in [5.41, 5.74) is 0.908. The lowest BCUT2D eigenvalue weighted by atomic mass is 10.1. The van der Waals surface area contributed by atoms with Crippen LogP contribution in [-0.2, 0) is 16.1 Å². The lowest BCUT2D eigenvalue weighted by Crippen LogP contribution is -2.48. The van der Waals surface area contributed by atoms with Crippen LogP contribution in [0, 0.1) is 0 Å². The first-order valence-corrected chi connectivity index (χ1v) is 9.27. The summed E-state index contributed by atoms with van der Waals surface area (Å²) in [7, 11) is 3.09. The number of methoxy groups -OCH3 is 1. The Hall–Kier alpha value is -2.54. The lowest BCUT2D eigenvalue weighted by molar-refractivity contribution is -0.142. The predicted molar refractivity (Wildman–Crippen MR) is 107 cm³/mol. The molecule has 0 saturated heterocycles. The van der Waals surface area contributed by atoms with Crippen molar-refractivity contribution in [3.63, 3.8) is 0 Å². The van der Waals surface area contributed by atoms with Gasteiger partial charge in [0.1, 0.15) is 6.04 Å². The molecule has 0 aromatic heterocycles. The zero-order valence-electron chi connectivity index (χ0n) is 15.6. The number of halogens is 1. The number of nitrogens with zero attached hydrogens (tertiary/aromatic N) is 1. The van der Waals surface area contributed by atoms with Gasteiger partial charge in [0.2, 0.25) is 5.91 Å². The third-order valence-corrected chi connectivity index (χ3v) is 4.57. The van der Waals surface area contributed by atoms with E-state index in [2.05, 4.69) is 21.2 Å². The van der Waals surface area contributed by atoms with Gasteiger partial charge in [-0.15, -0.1) is 0 Å². The molecule has 2 rings (SSSR count). The number of hydrogen-bond acceptors (Lipinski definition) is 4. The van der Waals surface area contributed by atoms with Gasteiger partial charge in [-0.05, 0) is 36.8 Å². The van der Waals surface area contributed by atoms with Crippen molar-refractivity contribution in [1.82, 2.24) is 10.2 Å². The zero-order valence-corrected chi connectivity index (χ0v) is 17.2. The van der Waals surface area contributed by atoms with Crippen LogP contribution in [0.5, 0.6) is 11.5 Å². The molecule has 1 atom stereocenters. The van der Waals surface area contributed by atoms with E-state index in [1.165, 1.54) is 12.0 Å². The van der Waals surface area contributed by atoms with Crippen LogP contribution >= 0.6 is 15.9 Å². The van der Waals surface area contributed by atoms with Gasteiger partial charge in [0, 0.05) is 18.1 Å². The number of rotatable bonds is 8. The molecule has 0 radical (unpaired) electrons. The maximum atomic E-state index is 12.8. The van der Waals surface area contributed by atoms with E-state index in [1.807, 2.05) is 30.3 Å². The third kappa shape index (κ3) is 5.72. The second kappa shape index (κ2) is 9.97. The first kappa shape index (κ1) is 20.8. The Labute approximate surface area is 167 Å². The molecular weight excluding hydrogens is 412 g/mol. The van der Waals surface area contributed by atoms with Crippen LogP contribution in [-0.4, -0.2) is 43.5 Å². The topological polar surface area (TPSA) is 67.9 Å². The number of benzene rings is 2. The highest BCUT2D eigenvalue weighted by molar-refractivity contribution is 9.10. The van der Waals surface area contributed by atoms with Crippen LogP contribution in [0.3, 0.4) is 0 Å². The van der Waals surface area contributed by atoms with Gasteiger partial charge in [0.15, 0.2) is 18.1 Å². The summed E-state index contributed by atoms with van der Waals surface area (Å²) in [6.07, 6.45) is 0. The van der Waals surface area contributed by atoms with Crippen LogP contribution < -0.4 is 14.8 Å². The number of para-hydroxylation sites is 2. The molecule has 0 aliphatic heterocycles. The molecule has 144 valence electrons. The highest BCUT2D eigenvalue weighted by Crippen LogP contribution is 2.26. The molecule has 27 heavy (non-hydrogen) atoms. The van der Waals surface area contributed by atoms with Gasteiger partial charge in [0.25, 0.3) is 5.91 Å². The maximum Gasteiger partial charge on any atom is 0.261 e. The molecule has 2 amide bonds. The molecule has 0 bridgehead atoms. The minimum Gasteiger partial charge on any atom is -0.493 e. The van der Waals surface area contributed by atoms with Crippen LogP contribution in [0.2, 0.25) is 0 Å². The fourth-order valence-corrected chi connectivity index (χ4v) is 3.03. The third-order valence-electron chi connectivity index (χ3n) is 4.08. The minimum absolute atomic E-state index is 0.199. The van der Waals surface area contributed by atoms with E-state index in [9.17, 15) is 9.59 Å². The van der Waals surface area contributed by atoms with E-state index in [1.54, 1.807) is 32.2 Å². The summed E-state index contributed by atoms with van der Waals surface area (Å²) in [6, 6.07) is 14.1. The molecule has 6 nitrogen and oxygen atoms in total. The number of carbonyl (C=O) groups excluding carboxylic acids is 2. The average molecular weight is 435 g/mol. The summed E-state index contributed by atoms with van der Waals surface area (Å²) in [5, 5.41) is 2.59. The van der Waals surface area contributed by atoms with Crippen LogP contribution in [0.1, 0.15) is 12.5 Å². The fraction of sp³-hybridized carbons (Fsp3) is 0.300. The van der Waals surface area contributed by atoms with Gasteiger partial charge >= 0.3 is 0 Å². The first-order chi connectivity index (χ1) is 13.0. The van der Waals surface area contributed by atoms with Gasteiger partial charge in [-0.25, -0.2) is 0 Å². The molecule has 1 N–H and O–H groups in total. The molecule has 7 heteroatoms. The average Bonchev–Trinajstić information content (AvgIpc) is 2.69. The molecule has 0 aliphatic rings. The second-order valence-corrected chi connectivity index (χ2v) is 6.80. The molecule has 0 unspecified atom stereocenters. The van der Waals surface area contributed by atoms with Crippen molar-refractivity contribution in [1.29, 1.82) is 0 Å². The molecule has 0 saturated carbocycles. The summed E-state index contributed by atoms with van der Waals surface area (Å²) in [5.74, 6) is 0.485. The molecule has 2 aromatic rings. The van der Waals surface area contributed by atoms with Crippen molar-refractivity contribution in [2.75, 3.05) is 20.8 Å². The van der Waals surface area contributed by atoms with E-state index in [4.69, 9.17) is 9.47 Å². The Morgan fingerprint density at radius 2 is 1.85 bits per heavy atom. The van der Waals surface area contributed by atoms with Gasteiger partial charge in [0.05, 0.1) is 7.11 Å². The van der Waals surface area contributed by atoms with Crippen molar-refractivity contribution in [3.05, 3.63) is 58.6 Å². The molecule has 0 heterocycles. The minimum atomic E-state index is -0.636. The number of ether oxygens (including phenoxy) is 2. The van der Waals surface area contributed by atoms with Crippen molar-refractivity contribution in [2.45, 2.75) is 19.5 Å². The first-order valence-electron chi connectivity index (χ1n) is 8.47. The standard InChI is InChI=1S/C20H23BrN2O4/c1-14(20(25)22-2)23(12-15-7-6-8-16(21)11-15)19(24)13-27-18-10-5-4-9-17(18)26-3/h4-11,14H,12-13H2,1-3H3,(H,22,25)/t14-/m1/s1. The van der Waals surface area contributed by atoms with E-state index in [0.29, 0.717) is 18.0 Å².